The van der Waals surface area contributed by atoms with Crippen LogP contribution in [0.15, 0.2) is 53.0 Å². The number of rotatable bonds is 2. The van der Waals surface area contributed by atoms with Gasteiger partial charge >= 0.3 is 0 Å². The van der Waals surface area contributed by atoms with Gasteiger partial charge in [0.05, 0.1) is 12.6 Å². The Balaban J connectivity index is 2.25. The number of aromatic amines is 1. The first-order chi connectivity index (χ1) is 8.79. The Hall–Kier alpha value is -1.74. The molecule has 0 aliphatic rings. The van der Waals surface area contributed by atoms with Gasteiger partial charge < -0.3 is 9.72 Å². The molecule has 3 rings (SSSR count). The molecule has 0 bridgehead atoms. The van der Waals surface area contributed by atoms with Crippen molar-refractivity contribution in [2.45, 2.75) is 0 Å². The van der Waals surface area contributed by atoms with E-state index in [9.17, 15) is 0 Å². The van der Waals surface area contributed by atoms with Crippen LogP contribution in [0.25, 0.3) is 22.2 Å². The molecular formula is C15H12BrNO. The number of H-pyrrole nitrogens is 1. The molecule has 90 valence electrons. The number of methoxy groups -OCH3 is 1. The topological polar surface area (TPSA) is 25.0 Å². The summed E-state index contributed by atoms with van der Waals surface area (Å²) in [6.45, 7) is 0. The lowest BCUT2D eigenvalue weighted by Crippen LogP contribution is -1.83. The Morgan fingerprint density at radius 1 is 1.06 bits per heavy atom. The largest absolute Gasteiger partial charge is 0.496 e. The van der Waals surface area contributed by atoms with E-state index in [1.54, 1.807) is 7.11 Å². The van der Waals surface area contributed by atoms with Crippen LogP contribution in [0, 0.1) is 0 Å². The Morgan fingerprint density at radius 3 is 2.56 bits per heavy atom. The molecule has 1 N–H and O–H groups in total. The van der Waals surface area contributed by atoms with Crippen molar-refractivity contribution in [1.82, 2.24) is 4.98 Å². The number of halogens is 1. The standard InChI is InChI=1S/C15H12BrNO/c1-18-14-8-7-12(16)15-11(14)9-13(17-15)10-5-3-2-4-6-10/h2-9,17H,1H3. The van der Waals surface area contributed by atoms with E-state index in [4.69, 9.17) is 4.74 Å². The number of aromatic nitrogens is 1. The summed E-state index contributed by atoms with van der Waals surface area (Å²) in [6, 6.07) is 16.3. The molecule has 2 aromatic carbocycles. The predicted molar refractivity (Wildman–Crippen MR) is 78.0 cm³/mol. The molecule has 0 saturated heterocycles. The molecule has 1 heterocycles. The fourth-order valence-corrected chi connectivity index (χ4v) is 2.56. The van der Waals surface area contributed by atoms with Gasteiger partial charge in [-0.3, -0.25) is 0 Å². The van der Waals surface area contributed by atoms with Gasteiger partial charge in [-0.15, -0.1) is 0 Å². The maximum atomic E-state index is 5.39. The molecule has 0 radical (unpaired) electrons. The van der Waals surface area contributed by atoms with E-state index >= 15 is 0 Å². The van der Waals surface area contributed by atoms with E-state index in [1.165, 1.54) is 5.56 Å². The zero-order valence-corrected chi connectivity index (χ0v) is 11.5. The van der Waals surface area contributed by atoms with Crippen LogP contribution in [-0.2, 0) is 0 Å². The predicted octanol–water partition coefficient (Wildman–Crippen LogP) is 4.61. The molecule has 0 aliphatic heterocycles. The summed E-state index contributed by atoms with van der Waals surface area (Å²) < 4.78 is 6.43. The van der Waals surface area contributed by atoms with Crippen molar-refractivity contribution < 1.29 is 4.74 Å². The SMILES string of the molecule is COc1ccc(Br)c2[nH]c(-c3ccccc3)cc12. The molecule has 0 aliphatic carbocycles. The van der Waals surface area contributed by atoms with Crippen molar-refractivity contribution in [2.75, 3.05) is 7.11 Å². The van der Waals surface area contributed by atoms with Crippen LogP contribution in [0.2, 0.25) is 0 Å². The molecule has 1 aromatic heterocycles. The molecule has 0 fully saturated rings. The number of hydrogen-bond acceptors (Lipinski definition) is 1. The third-order valence-electron chi connectivity index (χ3n) is 3.01. The summed E-state index contributed by atoms with van der Waals surface area (Å²) in [6.07, 6.45) is 0. The number of hydrogen-bond donors (Lipinski definition) is 1. The minimum atomic E-state index is 0.881. The summed E-state index contributed by atoms with van der Waals surface area (Å²) in [5, 5.41) is 1.09. The Morgan fingerprint density at radius 2 is 1.83 bits per heavy atom. The molecule has 0 amide bonds. The molecule has 0 atom stereocenters. The molecule has 0 saturated carbocycles. The van der Waals surface area contributed by atoms with Crippen LogP contribution in [0.3, 0.4) is 0 Å². The third-order valence-corrected chi connectivity index (χ3v) is 3.67. The molecule has 3 heteroatoms. The molecular weight excluding hydrogens is 290 g/mol. The van der Waals surface area contributed by atoms with Crippen molar-refractivity contribution in [3.05, 3.63) is 53.0 Å². The summed E-state index contributed by atoms with van der Waals surface area (Å²) in [7, 11) is 1.69. The molecule has 0 spiro atoms. The van der Waals surface area contributed by atoms with E-state index < -0.39 is 0 Å². The van der Waals surface area contributed by atoms with Crippen molar-refractivity contribution in [3.8, 4) is 17.0 Å². The first kappa shape index (κ1) is 11.4. The maximum absolute atomic E-state index is 5.39. The van der Waals surface area contributed by atoms with E-state index in [-0.39, 0.29) is 0 Å². The molecule has 2 nitrogen and oxygen atoms in total. The van der Waals surface area contributed by atoms with E-state index in [0.717, 1.165) is 26.8 Å². The fraction of sp³-hybridized carbons (Fsp3) is 0.0667. The van der Waals surface area contributed by atoms with E-state index in [1.807, 2.05) is 30.3 Å². The first-order valence-electron chi connectivity index (χ1n) is 5.70. The minimum Gasteiger partial charge on any atom is -0.496 e. The highest BCUT2D eigenvalue weighted by Crippen LogP contribution is 2.34. The third kappa shape index (κ3) is 1.81. The van der Waals surface area contributed by atoms with Crippen LogP contribution in [0.5, 0.6) is 5.75 Å². The lowest BCUT2D eigenvalue weighted by atomic mass is 10.1. The average molecular weight is 302 g/mol. The lowest BCUT2D eigenvalue weighted by molar-refractivity contribution is 0.420. The van der Waals surface area contributed by atoms with Gasteiger partial charge in [0.2, 0.25) is 0 Å². The highest BCUT2D eigenvalue weighted by molar-refractivity contribution is 9.10. The molecule has 0 unspecified atom stereocenters. The van der Waals surface area contributed by atoms with Crippen LogP contribution in [0.4, 0.5) is 0 Å². The van der Waals surface area contributed by atoms with Gasteiger partial charge in [0.15, 0.2) is 0 Å². The van der Waals surface area contributed by atoms with Crippen LogP contribution >= 0.6 is 15.9 Å². The van der Waals surface area contributed by atoms with Gasteiger partial charge in [0.25, 0.3) is 0 Å². The monoisotopic (exact) mass is 301 g/mol. The second kappa shape index (κ2) is 4.50. The smallest absolute Gasteiger partial charge is 0.128 e. The van der Waals surface area contributed by atoms with Gasteiger partial charge in [-0.25, -0.2) is 0 Å². The number of ether oxygens (including phenoxy) is 1. The maximum Gasteiger partial charge on any atom is 0.128 e. The number of fused-ring (bicyclic) bond motifs is 1. The zero-order valence-electron chi connectivity index (χ0n) is 9.91. The summed E-state index contributed by atoms with van der Waals surface area (Å²) in [5.74, 6) is 0.881. The Kier molecular flexibility index (Phi) is 2.84. The van der Waals surface area contributed by atoms with Crippen molar-refractivity contribution in [3.63, 3.8) is 0 Å². The van der Waals surface area contributed by atoms with Gasteiger partial charge in [-0.2, -0.15) is 0 Å². The fourth-order valence-electron chi connectivity index (χ4n) is 2.11. The van der Waals surface area contributed by atoms with Crippen molar-refractivity contribution in [1.29, 1.82) is 0 Å². The summed E-state index contributed by atoms with van der Waals surface area (Å²) in [4.78, 5) is 3.43. The lowest BCUT2D eigenvalue weighted by Gasteiger charge is -2.01. The summed E-state index contributed by atoms with van der Waals surface area (Å²) >= 11 is 3.56. The second-order valence-corrected chi connectivity index (χ2v) is 4.94. The van der Waals surface area contributed by atoms with Crippen molar-refractivity contribution in [2.24, 2.45) is 0 Å². The first-order valence-corrected chi connectivity index (χ1v) is 6.49. The minimum absolute atomic E-state index is 0.881. The van der Waals surface area contributed by atoms with Crippen molar-refractivity contribution >= 4 is 26.8 Å². The van der Waals surface area contributed by atoms with E-state index in [0.29, 0.717) is 0 Å². The van der Waals surface area contributed by atoms with Crippen LogP contribution < -0.4 is 4.74 Å². The number of nitrogens with one attached hydrogen (secondary N) is 1. The van der Waals surface area contributed by atoms with Crippen LogP contribution in [-0.4, -0.2) is 12.1 Å². The average Bonchev–Trinajstić information content (AvgIpc) is 2.86. The highest BCUT2D eigenvalue weighted by Gasteiger charge is 2.09. The second-order valence-electron chi connectivity index (χ2n) is 4.09. The quantitative estimate of drug-likeness (QED) is 0.735. The highest BCUT2D eigenvalue weighted by atomic mass is 79.9. The normalized spacial score (nSPS) is 10.8. The van der Waals surface area contributed by atoms with Gasteiger partial charge in [-0.1, -0.05) is 30.3 Å². The van der Waals surface area contributed by atoms with Gasteiger partial charge in [0, 0.05) is 15.6 Å². The molecule has 18 heavy (non-hydrogen) atoms. The van der Waals surface area contributed by atoms with Crippen LogP contribution in [0.1, 0.15) is 0 Å². The Bertz CT molecular complexity index is 688. The van der Waals surface area contributed by atoms with Gasteiger partial charge in [-0.05, 0) is 39.7 Å². The Labute approximate surface area is 114 Å². The number of benzene rings is 2. The zero-order chi connectivity index (χ0) is 12.5. The molecule has 3 aromatic rings. The summed E-state index contributed by atoms with van der Waals surface area (Å²) in [5.41, 5.74) is 3.33. The van der Waals surface area contributed by atoms with E-state index in [2.05, 4.69) is 39.1 Å². The van der Waals surface area contributed by atoms with Gasteiger partial charge in [0.1, 0.15) is 5.75 Å².